The molecule has 6 heteroatoms. The summed E-state index contributed by atoms with van der Waals surface area (Å²) >= 11 is 0. The van der Waals surface area contributed by atoms with Gasteiger partial charge in [-0.15, -0.1) is 0 Å². The molecule has 0 unspecified atom stereocenters. The number of hydrogen-bond donors (Lipinski definition) is 0. The molecule has 0 amide bonds. The Balaban J connectivity index is 1.90. The van der Waals surface area contributed by atoms with Crippen LogP contribution in [0.25, 0.3) is 0 Å². The molecule has 4 rings (SSSR count). The number of hydrogen-bond acceptors (Lipinski definition) is 6. The molecule has 3 aliphatic carbocycles. The first-order valence-electron chi connectivity index (χ1n) is 10.5. The highest BCUT2D eigenvalue weighted by molar-refractivity contribution is 6.07. The summed E-state index contributed by atoms with van der Waals surface area (Å²) in [6, 6.07) is 0. The Labute approximate surface area is 165 Å². The van der Waals surface area contributed by atoms with E-state index in [0.29, 0.717) is 19.3 Å². The first-order chi connectivity index (χ1) is 13.1. The van der Waals surface area contributed by atoms with Crippen LogP contribution in [0.4, 0.5) is 0 Å². The second-order valence-corrected chi connectivity index (χ2v) is 10.1. The molecular formula is C22H30O6. The molecule has 154 valence electrons. The monoisotopic (exact) mass is 390 g/mol. The first kappa shape index (κ1) is 19.6. The van der Waals surface area contributed by atoms with Crippen LogP contribution < -0.4 is 0 Å². The standard InChI is InChI=1S/C22H30O6/c1-12-14-5-6-15-21(9-14,18(12)25)19(26)27-11-22(15)16(10-23)20(3,4)8-7-17(22)28-13(2)24/h10,12,14-17H,5-9,11H2,1-4H3/t12-,14+,15+,16+,17-,21-,22-/m0/s1. The van der Waals surface area contributed by atoms with E-state index in [4.69, 9.17) is 9.47 Å². The Hall–Kier alpha value is -1.72. The number of ether oxygens (including phenoxy) is 2. The van der Waals surface area contributed by atoms with Gasteiger partial charge < -0.3 is 14.3 Å². The van der Waals surface area contributed by atoms with Crippen molar-refractivity contribution in [1.82, 2.24) is 0 Å². The van der Waals surface area contributed by atoms with Gasteiger partial charge in [0, 0.05) is 18.8 Å². The van der Waals surface area contributed by atoms with Crippen molar-refractivity contribution < 1.29 is 28.7 Å². The number of carbonyl (C=O) groups is 4. The van der Waals surface area contributed by atoms with Crippen LogP contribution in [0.15, 0.2) is 0 Å². The van der Waals surface area contributed by atoms with Crippen molar-refractivity contribution >= 4 is 24.0 Å². The van der Waals surface area contributed by atoms with Crippen molar-refractivity contribution in [3.8, 4) is 0 Å². The molecule has 3 saturated carbocycles. The van der Waals surface area contributed by atoms with Gasteiger partial charge in [-0.25, -0.2) is 0 Å². The maximum Gasteiger partial charge on any atom is 0.319 e. The lowest BCUT2D eigenvalue weighted by molar-refractivity contribution is -0.238. The maximum atomic E-state index is 13.4. The van der Waals surface area contributed by atoms with E-state index in [2.05, 4.69) is 0 Å². The summed E-state index contributed by atoms with van der Waals surface area (Å²) < 4.78 is 11.5. The number of aldehydes is 1. The fraction of sp³-hybridized carbons (Fsp3) is 0.818. The minimum absolute atomic E-state index is 0.0371. The number of rotatable bonds is 2. The molecule has 7 atom stereocenters. The molecule has 1 aliphatic heterocycles. The Bertz CT molecular complexity index is 741. The molecular weight excluding hydrogens is 360 g/mol. The third kappa shape index (κ3) is 2.26. The average molecular weight is 390 g/mol. The summed E-state index contributed by atoms with van der Waals surface area (Å²) in [7, 11) is 0. The van der Waals surface area contributed by atoms with Gasteiger partial charge in [-0.2, -0.15) is 0 Å². The lowest BCUT2D eigenvalue weighted by Gasteiger charge is -2.61. The molecule has 1 saturated heterocycles. The number of cyclic esters (lactones) is 1. The Kier molecular flexibility index (Phi) is 4.29. The zero-order valence-corrected chi connectivity index (χ0v) is 17.2. The number of Topliss-reactive ketones (excluding diaryl/α,β-unsaturated/α-hetero) is 1. The van der Waals surface area contributed by atoms with Crippen LogP contribution in [0, 0.1) is 39.9 Å². The van der Waals surface area contributed by atoms with Gasteiger partial charge in [0.2, 0.25) is 0 Å². The first-order valence-corrected chi connectivity index (χ1v) is 10.5. The fourth-order valence-electron chi connectivity index (χ4n) is 7.24. The van der Waals surface area contributed by atoms with E-state index in [1.54, 1.807) is 0 Å². The number of esters is 2. The van der Waals surface area contributed by atoms with Gasteiger partial charge in [0.25, 0.3) is 0 Å². The quantitative estimate of drug-likeness (QED) is 0.409. The molecule has 4 aliphatic rings. The van der Waals surface area contributed by atoms with Crippen molar-refractivity contribution in [1.29, 1.82) is 0 Å². The SMILES string of the molecule is CC(=O)O[C@H]1CCC(C)(C)[C@@H](C=O)[C@@]12COC(=O)[C@@]13C[C@@H](CC[C@H]12)[C@H](C)C3=O. The topological polar surface area (TPSA) is 86.7 Å². The van der Waals surface area contributed by atoms with Crippen molar-refractivity contribution in [3.63, 3.8) is 0 Å². The predicted octanol–water partition coefficient (Wildman–Crippen LogP) is 2.72. The van der Waals surface area contributed by atoms with Crippen LogP contribution >= 0.6 is 0 Å². The van der Waals surface area contributed by atoms with Crippen LogP contribution in [-0.4, -0.2) is 36.7 Å². The van der Waals surface area contributed by atoms with Crippen molar-refractivity contribution in [2.24, 2.45) is 39.9 Å². The normalized spacial score (nSPS) is 46.6. The van der Waals surface area contributed by atoms with E-state index in [1.807, 2.05) is 20.8 Å². The van der Waals surface area contributed by atoms with Crippen LogP contribution in [0.1, 0.15) is 59.8 Å². The van der Waals surface area contributed by atoms with Crippen LogP contribution in [0.3, 0.4) is 0 Å². The third-order valence-electron chi connectivity index (χ3n) is 8.55. The molecule has 0 aromatic heterocycles. The highest BCUT2D eigenvalue weighted by atomic mass is 16.6. The molecule has 28 heavy (non-hydrogen) atoms. The largest absolute Gasteiger partial charge is 0.464 e. The molecule has 1 heterocycles. The smallest absolute Gasteiger partial charge is 0.319 e. The minimum atomic E-state index is -1.19. The average Bonchev–Trinajstić information content (AvgIpc) is 2.82. The Morgan fingerprint density at radius 1 is 1.21 bits per heavy atom. The summed E-state index contributed by atoms with van der Waals surface area (Å²) in [5.74, 6) is -1.64. The molecule has 0 aromatic carbocycles. The van der Waals surface area contributed by atoms with Crippen LogP contribution in [0.2, 0.25) is 0 Å². The van der Waals surface area contributed by atoms with Gasteiger partial charge in [0.1, 0.15) is 24.4 Å². The second kappa shape index (κ2) is 6.14. The van der Waals surface area contributed by atoms with Gasteiger partial charge in [-0.1, -0.05) is 20.8 Å². The van der Waals surface area contributed by atoms with E-state index < -0.39 is 34.8 Å². The number of fused-ring (bicyclic) bond motifs is 2. The lowest BCUT2D eigenvalue weighted by atomic mass is 9.44. The van der Waals surface area contributed by atoms with Crippen molar-refractivity contribution in [2.45, 2.75) is 65.9 Å². The zero-order valence-electron chi connectivity index (χ0n) is 17.2. The Morgan fingerprint density at radius 3 is 2.57 bits per heavy atom. The summed E-state index contributed by atoms with van der Waals surface area (Å²) in [6.45, 7) is 7.41. The maximum absolute atomic E-state index is 13.4. The van der Waals surface area contributed by atoms with E-state index in [1.165, 1.54) is 6.92 Å². The van der Waals surface area contributed by atoms with E-state index >= 15 is 0 Å². The molecule has 0 radical (unpaired) electrons. The Morgan fingerprint density at radius 2 is 1.93 bits per heavy atom. The predicted molar refractivity (Wildman–Crippen MR) is 99.0 cm³/mol. The molecule has 2 bridgehead atoms. The minimum Gasteiger partial charge on any atom is -0.464 e. The summed E-state index contributed by atoms with van der Waals surface area (Å²) in [5, 5.41) is 0. The summed E-state index contributed by atoms with van der Waals surface area (Å²) in [6.07, 6.45) is 3.81. The van der Waals surface area contributed by atoms with Crippen molar-refractivity contribution in [2.75, 3.05) is 6.61 Å². The molecule has 6 nitrogen and oxygen atoms in total. The second-order valence-electron chi connectivity index (χ2n) is 10.1. The van der Waals surface area contributed by atoms with E-state index in [-0.39, 0.29) is 35.6 Å². The van der Waals surface area contributed by atoms with E-state index in [0.717, 1.165) is 19.1 Å². The van der Waals surface area contributed by atoms with Gasteiger partial charge in [0.05, 0.1) is 5.41 Å². The number of ketones is 1. The van der Waals surface area contributed by atoms with Crippen LogP contribution in [-0.2, 0) is 28.7 Å². The van der Waals surface area contributed by atoms with Crippen molar-refractivity contribution in [3.05, 3.63) is 0 Å². The molecule has 0 aromatic rings. The highest BCUT2D eigenvalue weighted by Gasteiger charge is 2.74. The summed E-state index contributed by atoms with van der Waals surface area (Å²) in [4.78, 5) is 50.7. The van der Waals surface area contributed by atoms with Crippen LogP contribution in [0.5, 0.6) is 0 Å². The molecule has 4 fully saturated rings. The van der Waals surface area contributed by atoms with Gasteiger partial charge in [-0.3, -0.25) is 14.4 Å². The lowest BCUT2D eigenvalue weighted by Crippen LogP contribution is -2.68. The van der Waals surface area contributed by atoms with Gasteiger partial charge in [-0.05, 0) is 49.4 Å². The molecule has 0 N–H and O–H groups in total. The summed E-state index contributed by atoms with van der Waals surface area (Å²) in [5.41, 5.74) is -2.35. The van der Waals surface area contributed by atoms with E-state index in [9.17, 15) is 19.2 Å². The van der Waals surface area contributed by atoms with Gasteiger partial charge >= 0.3 is 11.9 Å². The third-order valence-corrected chi connectivity index (χ3v) is 8.55. The zero-order chi connectivity index (χ0) is 20.5. The number of carbonyl (C=O) groups excluding carboxylic acids is 4. The fourth-order valence-corrected chi connectivity index (χ4v) is 7.24. The highest BCUT2D eigenvalue weighted by Crippen LogP contribution is 2.68. The molecule has 2 spiro atoms. The van der Waals surface area contributed by atoms with Gasteiger partial charge in [0.15, 0.2) is 5.78 Å².